The SMILES string of the molecule is CCCCC/C=C\C/C=C\C/C=C\C/C=C\CCCC(=O)O[C@H](COC(=O)CCCCCCCCCCCCCCC)COP(=O)(O)OCC(O)CO.[Na]. The number of hydrogen-bond donors (Lipinski definition) is 3. The number of esters is 2. The van der Waals surface area contributed by atoms with Crippen LogP contribution in [0.3, 0.4) is 0 Å². The Bertz CT molecular complexity index is 1030. The molecule has 3 N–H and O–H groups in total. The first-order valence-electron chi connectivity index (χ1n) is 20.6. The number of ether oxygens (including phenoxy) is 2. The van der Waals surface area contributed by atoms with Crippen LogP contribution in [-0.2, 0) is 32.7 Å². The van der Waals surface area contributed by atoms with Gasteiger partial charge in [0, 0.05) is 42.4 Å². The number of phosphoric acid groups is 1. The van der Waals surface area contributed by atoms with E-state index in [1.807, 2.05) is 12.2 Å². The maximum atomic E-state index is 12.6. The standard InChI is InChI=1S/C42H75O10P.Na/c1-3-5-7-9-11-13-15-17-18-19-20-22-24-26-28-30-32-34-42(46)52-40(38-51-53(47,48)50-36-39(44)35-43)37-49-41(45)33-31-29-27-25-23-21-16-14-12-10-8-6-4-2;/h11,13,17-18,20,22,26,28,39-40,43-44H,3-10,12,14-16,19,21,23-25,27,29-38H2,1-2H3,(H,47,48);/b13-11-,18-17-,22-20-,28-26-;/t39?,40-;/m1./s1. The Labute approximate surface area is 350 Å². The summed E-state index contributed by atoms with van der Waals surface area (Å²) < 4.78 is 32.6. The number of carbonyl (C=O) groups excluding carboxylic acids is 2. The average molecular weight is 794 g/mol. The number of hydrogen-bond acceptors (Lipinski definition) is 9. The van der Waals surface area contributed by atoms with E-state index in [4.69, 9.17) is 19.1 Å². The van der Waals surface area contributed by atoms with Crippen LogP contribution in [0, 0.1) is 0 Å². The molecule has 10 nitrogen and oxygen atoms in total. The molecule has 0 spiro atoms. The summed E-state index contributed by atoms with van der Waals surface area (Å²) in [5, 5.41) is 18.3. The molecule has 0 aromatic rings. The van der Waals surface area contributed by atoms with Gasteiger partial charge >= 0.3 is 19.8 Å². The summed E-state index contributed by atoms with van der Waals surface area (Å²) in [4.78, 5) is 34.9. The van der Waals surface area contributed by atoms with E-state index in [-0.39, 0.29) is 49.0 Å². The van der Waals surface area contributed by atoms with Gasteiger partial charge in [-0.15, -0.1) is 0 Å². The number of carbonyl (C=O) groups is 2. The van der Waals surface area contributed by atoms with Crippen molar-refractivity contribution in [1.29, 1.82) is 0 Å². The minimum atomic E-state index is -4.63. The summed E-state index contributed by atoms with van der Waals surface area (Å²) >= 11 is 0. The first-order chi connectivity index (χ1) is 25.7. The molecule has 0 saturated carbocycles. The number of rotatable bonds is 38. The summed E-state index contributed by atoms with van der Waals surface area (Å²) in [6.07, 6.45) is 39.4. The fourth-order valence-electron chi connectivity index (χ4n) is 5.28. The molecule has 0 aliphatic heterocycles. The Hall–Kier alpha value is -1.07. The van der Waals surface area contributed by atoms with Crippen molar-refractivity contribution in [3.63, 3.8) is 0 Å². The Kier molecular flexibility index (Phi) is 42.4. The van der Waals surface area contributed by atoms with E-state index in [0.29, 0.717) is 19.3 Å². The van der Waals surface area contributed by atoms with Crippen molar-refractivity contribution < 1.29 is 47.8 Å². The predicted octanol–water partition coefficient (Wildman–Crippen LogP) is 10.2. The van der Waals surface area contributed by atoms with Gasteiger partial charge < -0.3 is 24.6 Å². The van der Waals surface area contributed by atoms with Crippen molar-refractivity contribution in [2.24, 2.45) is 0 Å². The molecular weight excluding hydrogens is 718 g/mol. The minimum absolute atomic E-state index is 0. The zero-order valence-electron chi connectivity index (χ0n) is 34.2. The summed E-state index contributed by atoms with van der Waals surface area (Å²) in [6, 6.07) is 0. The van der Waals surface area contributed by atoms with E-state index in [9.17, 15) is 24.2 Å². The van der Waals surface area contributed by atoms with Gasteiger partial charge in [0.05, 0.1) is 19.8 Å². The van der Waals surface area contributed by atoms with Crippen LogP contribution >= 0.6 is 7.82 Å². The molecule has 2 unspecified atom stereocenters. The van der Waals surface area contributed by atoms with Crippen molar-refractivity contribution in [1.82, 2.24) is 0 Å². The quantitative estimate of drug-likeness (QED) is 0.0181. The summed E-state index contributed by atoms with van der Waals surface area (Å²) in [5.41, 5.74) is 0. The van der Waals surface area contributed by atoms with Gasteiger partial charge in [-0.25, -0.2) is 4.57 Å². The molecule has 0 bridgehead atoms. The molecule has 12 heteroatoms. The van der Waals surface area contributed by atoms with Gasteiger partial charge in [-0.3, -0.25) is 18.6 Å². The summed E-state index contributed by atoms with van der Waals surface area (Å²) in [7, 11) is -4.63. The molecule has 54 heavy (non-hydrogen) atoms. The molecule has 1 radical (unpaired) electrons. The van der Waals surface area contributed by atoms with E-state index < -0.39 is 51.8 Å². The molecule has 0 rings (SSSR count). The van der Waals surface area contributed by atoms with E-state index >= 15 is 0 Å². The number of unbranched alkanes of at least 4 members (excludes halogenated alkanes) is 16. The van der Waals surface area contributed by atoms with E-state index in [1.54, 1.807) is 0 Å². The van der Waals surface area contributed by atoms with Gasteiger partial charge in [0.15, 0.2) is 6.10 Å². The van der Waals surface area contributed by atoms with Crippen molar-refractivity contribution in [2.45, 2.75) is 180 Å². The van der Waals surface area contributed by atoms with E-state index in [0.717, 1.165) is 44.9 Å². The fraction of sp³-hybridized carbons (Fsp3) is 0.762. The van der Waals surface area contributed by atoms with Crippen LogP contribution in [0.25, 0.3) is 0 Å². The van der Waals surface area contributed by atoms with Crippen LogP contribution in [0.1, 0.15) is 168 Å². The zero-order valence-corrected chi connectivity index (χ0v) is 37.1. The van der Waals surface area contributed by atoms with Gasteiger partial charge in [-0.1, -0.05) is 152 Å². The maximum Gasteiger partial charge on any atom is 0.472 e. The molecule has 0 aliphatic carbocycles. The number of allylic oxidation sites excluding steroid dienone is 8. The third-order valence-corrected chi connectivity index (χ3v) is 9.44. The van der Waals surface area contributed by atoms with Gasteiger partial charge in [0.25, 0.3) is 0 Å². The first kappa shape index (κ1) is 55.0. The number of phosphoric ester groups is 1. The van der Waals surface area contributed by atoms with Crippen LogP contribution in [0.2, 0.25) is 0 Å². The molecule has 0 heterocycles. The van der Waals surface area contributed by atoms with Gasteiger partial charge in [-0.05, 0) is 51.4 Å². The topological polar surface area (TPSA) is 149 Å². The van der Waals surface area contributed by atoms with Crippen LogP contribution in [0.4, 0.5) is 0 Å². The number of aliphatic hydroxyl groups is 2. The molecule has 0 amide bonds. The molecule has 0 saturated heterocycles. The van der Waals surface area contributed by atoms with Crippen LogP contribution in [0.5, 0.6) is 0 Å². The second-order valence-corrected chi connectivity index (χ2v) is 15.1. The van der Waals surface area contributed by atoms with Crippen molar-refractivity contribution in [3.8, 4) is 0 Å². The summed E-state index contributed by atoms with van der Waals surface area (Å²) in [5.74, 6) is -0.990. The smallest absolute Gasteiger partial charge is 0.462 e. The van der Waals surface area contributed by atoms with Crippen molar-refractivity contribution >= 4 is 49.3 Å². The van der Waals surface area contributed by atoms with Crippen LogP contribution in [-0.4, -0.2) is 95.2 Å². The monoisotopic (exact) mass is 793 g/mol. The molecular formula is C42H75NaO10P. The van der Waals surface area contributed by atoms with Crippen LogP contribution < -0.4 is 0 Å². The van der Waals surface area contributed by atoms with Gasteiger partial charge in [0.1, 0.15) is 12.7 Å². The average Bonchev–Trinajstić information content (AvgIpc) is 3.14. The molecule has 3 atom stereocenters. The van der Waals surface area contributed by atoms with Gasteiger partial charge in [0.2, 0.25) is 0 Å². The minimum Gasteiger partial charge on any atom is -0.462 e. The molecule has 0 aromatic carbocycles. The zero-order chi connectivity index (χ0) is 39.1. The maximum absolute atomic E-state index is 12.6. The molecule has 309 valence electrons. The second kappa shape index (κ2) is 41.6. The normalized spacial score (nSPS) is 14.2. The molecule has 0 fully saturated rings. The number of aliphatic hydroxyl groups excluding tert-OH is 2. The summed E-state index contributed by atoms with van der Waals surface area (Å²) in [6.45, 7) is 2.28. The largest absolute Gasteiger partial charge is 0.472 e. The van der Waals surface area contributed by atoms with E-state index in [1.165, 1.54) is 77.0 Å². The van der Waals surface area contributed by atoms with Gasteiger partial charge in [-0.2, -0.15) is 0 Å². The third kappa shape index (κ3) is 40.6. The molecule has 0 aliphatic rings. The first-order valence-corrected chi connectivity index (χ1v) is 22.1. The Balaban J connectivity index is 0. The van der Waals surface area contributed by atoms with Crippen molar-refractivity contribution in [2.75, 3.05) is 26.4 Å². The van der Waals surface area contributed by atoms with Crippen molar-refractivity contribution in [3.05, 3.63) is 48.6 Å². The predicted molar refractivity (Wildman–Crippen MR) is 220 cm³/mol. The Morgan fingerprint density at radius 2 is 1.00 bits per heavy atom. The fourth-order valence-corrected chi connectivity index (χ4v) is 6.07. The molecule has 0 aromatic heterocycles. The second-order valence-electron chi connectivity index (χ2n) is 13.7. The van der Waals surface area contributed by atoms with Crippen LogP contribution in [0.15, 0.2) is 48.6 Å². The Morgan fingerprint density at radius 1 is 0.574 bits per heavy atom. The third-order valence-electron chi connectivity index (χ3n) is 8.49. The van der Waals surface area contributed by atoms with E-state index in [2.05, 4.69) is 54.8 Å². The Morgan fingerprint density at radius 3 is 1.52 bits per heavy atom.